The van der Waals surface area contributed by atoms with E-state index in [1.807, 2.05) is 42.6 Å². The van der Waals surface area contributed by atoms with Gasteiger partial charge < -0.3 is 5.32 Å². The topological polar surface area (TPSA) is 96.7 Å². The van der Waals surface area contributed by atoms with Crippen molar-refractivity contribution in [3.05, 3.63) is 59.5 Å². The van der Waals surface area contributed by atoms with Crippen LogP contribution in [-0.2, 0) is 16.4 Å². The van der Waals surface area contributed by atoms with Crippen molar-refractivity contribution in [3.63, 3.8) is 0 Å². The third-order valence-corrected chi connectivity index (χ3v) is 6.35. The molecular weight excluding hydrogens is 390 g/mol. The third-order valence-electron chi connectivity index (χ3n) is 5.17. The molecule has 1 amide bonds. The van der Waals surface area contributed by atoms with E-state index in [1.165, 1.54) is 10.6 Å². The normalized spacial score (nSPS) is 15.0. The van der Waals surface area contributed by atoms with Crippen LogP contribution < -0.4 is 9.62 Å². The van der Waals surface area contributed by atoms with E-state index < -0.39 is 10.0 Å². The minimum Gasteiger partial charge on any atom is -0.342 e. The summed E-state index contributed by atoms with van der Waals surface area (Å²) in [6.45, 7) is 4.43. The Balaban J connectivity index is 1.61. The highest BCUT2D eigenvalue weighted by Gasteiger charge is 2.28. The number of carbonyl (C=O) groups excluding carboxylic acids is 1. The lowest BCUT2D eigenvalue weighted by atomic mass is 10.0. The lowest BCUT2D eigenvalue weighted by Crippen LogP contribution is -2.33. The van der Waals surface area contributed by atoms with Gasteiger partial charge in [0.1, 0.15) is 0 Å². The number of pyridine rings is 1. The zero-order chi connectivity index (χ0) is 20.8. The van der Waals surface area contributed by atoms with E-state index in [0.717, 1.165) is 11.2 Å². The number of benzene rings is 1. The Morgan fingerprint density at radius 3 is 2.69 bits per heavy atom. The highest BCUT2D eigenvalue weighted by atomic mass is 32.2. The van der Waals surface area contributed by atoms with E-state index in [4.69, 9.17) is 0 Å². The first-order valence-electron chi connectivity index (χ1n) is 9.47. The third kappa shape index (κ3) is 3.57. The molecule has 2 aromatic heterocycles. The van der Waals surface area contributed by atoms with Gasteiger partial charge in [-0.2, -0.15) is 0 Å². The molecule has 1 aromatic carbocycles. The van der Waals surface area contributed by atoms with E-state index in [-0.39, 0.29) is 17.9 Å². The number of hydrogen-bond donors (Lipinski definition) is 1. The zero-order valence-corrected chi connectivity index (χ0v) is 17.3. The smallest absolute Gasteiger partial charge is 0.251 e. The van der Waals surface area contributed by atoms with Gasteiger partial charge in [-0.15, -0.1) is 10.2 Å². The molecule has 8 nitrogen and oxygen atoms in total. The first-order valence-corrected chi connectivity index (χ1v) is 11.3. The Labute approximate surface area is 169 Å². The molecule has 0 fully saturated rings. The van der Waals surface area contributed by atoms with Gasteiger partial charge in [0.2, 0.25) is 10.0 Å². The molecule has 0 radical (unpaired) electrons. The highest BCUT2D eigenvalue weighted by Crippen LogP contribution is 2.31. The van der Waals surface area contributed by atoms with Gasteiger partial charge >= 0.3 is 0 Å². The summed E-state index contributed by atoms with van der Waals surface area (Å²) in [6, 6.07) is 10.5. The minimum absolute atomic E-state index is 0.0988. The number of nitrogens with zero attached hydrogens (tertiary/aromatic N) is 4. The summed E-state index contributed by atoms with van der Waals surface area (Å²) in [7, 11) is -3.31. The zero-order valence-electron chi connectivity index (χ0n) is 16.5. The molecule has 152 valence electrons. The van der Waals surface area contributed by atoms with Crippen LogP contribution in [0.1, 0.15) is 41.6 Å². The van der Waals surface area contributed by atoms with Gasteiger partial charge in [-0.25, -0.2) is 8.42 Å². The van der Waals surface area contributed by atoms with Gasteiger partial charge in [0.05, 0.1) is 18.0 Å². The molecular formula is C20H23N5O3S. The standard InChI is InChI=1S/C20H23N5O3S/c1-13(2)18(19-23-22-17-6-4-5-10-24(17)19)21-20(26)15-7-8-16-14(12-15)9-11-25(16)29(3,27)28/h4-8,10,12-13,18H,9,11H2,1-3H3,(H,21,26). The molecule has 3 aromatic rings. The van der Waals surface area contributed by atoms with Crippen molar-refractivity contribution >= 4 is 27.3 Å². The van der Waals surface area contributed by atoms with Crippen LogP contribution in [0.3, 0.4) is 0 Å². The maximum Gasteiger partial charge on any atom is 0.251 e. The van der Waals surface area contributed by atoms with E-state index >= 15 is 0 Å². The highest BCUT2D eigenvalue weighted by molar-refractivity contribution is 7.92. The van der Waals surface area contributed by atoms with Crippen molar-refractivity contribution < 1.29 is 13.2 Å². The Bertz CT molecular complexity index is 1190. The molecule has 3 heterocycles. The first kappa shape index (κ1) is 19.4. The summed E-state index contributed by atoms with van der Waals surface area (Å²) in [5, 5.41) is 11.5. The van der Waals surface area contributed by atoms with Crippen molar-refractivity contribution in [3.8, 4) is 0 Å². The van der Waals surface area contributed by atoms with Gasteiger partial charge in [0.15, 0.2) is 11.5 Å². The lowest BCUT2D eigenvalue weighted by molar-refractivity contribution is 0.0922. The fourth-order valence-corrected chi connectivity index (χ4v) is 4.64. The number of sulfonamides is 1. The van der Waals surface area contributed by atoms with Gasteiger partial charge in [0.25, 0.3) is 5.91 Å². The van der Waals surface area contributed by atoms with Crippen LogP contribution in [-0.4, -0.2) is 41.7 Å². The van der Waals surface area contributed by atoms with E-state index in [2.05, 4.69) is 15.5 Å². The molecule has 1 unspecified atom stereocenters. The number of aromatic nitrogens is 3. The van der Waals surface area contributed by atoms with Gasteiger partial charge in [-0.05, 0) is 48.2 Å². The number of hydrogen-bond acceptors (Lipinski definition) is 5. The molecule has 29 heavy (non-hydrogen) atoms. The molecule has 0 saturated heterocycles. The van der Waals surface area contributed by atoms with Crippen molar-refractivity contribution in [1.82, 2.24) is 19.9 Å². The van der Waals surface area contributed by atoms with Crippen LogP contribution in [0.2, 0.25) is 0 Å². The van der Waals surface area contributed by atoms with Crippen molar-refractivity contribution in [2.24, 2.45) is 5.92 Å². The predicted molar refractivity (Wildman–Crippen MR) is 110 cm³/mol. The molecule has 0 spiro atoms. The number of carbonyl (C=O) groups is 1. The summed E-state index contributed by atoms with van der Waals surface area (Å²) in [6.07, 6.45) is 3.66. The molecule has 0 saturated carbocycles. The Hall–Kier alpha value is -2.94. The maximum absolute atomic E-state index is 13.0. The Kier molecular flexibility index (Phi) is 4.77. The summed E-state index contributed by atoms with van der Waals surface area (Å²) >= 11 is 0. The van der Waals surface area contributed by atoms with E-state index in [9.17, 15) is 13.2 Å². The fraction of sp³-hybridized carbons (Fsp3) is 0.350. The Morgan fingerprint density at radius 1 is 1.17 bits per heavy atom. The van der Waals surface area contributed by atoms with Crippen molar-refractivity contribution in [2.45, 2.75) is 26.3 Å². The number of anilines is 1. The molecule has 9 heteroatoms. The number of nitrogens with one attached hydrogen (secondary N) is 1. The SMILES string of the molecule is CC(C)C(NC(=O)c1ccc2c(c1)CCN2S(C)(=O)=O)c1nnc2ccccn12. The number of rotatable bonds is 5. The van der Waals surface area contributed by atoms with Gasteiger partial charge in [-0.1, -0.05) is 19.9 Å². The monoisotopic (exact) mass is 413 g/mol. The van der Waals surface area contributed by atoms with E-state index in [0.29, 0.717) is 30.0 Å². The lowest BCUT2D eigenvalue weighted by Gasteiger charge is -2.21. The molecule has 1 atom stereocenters. The van der Waals surface area contributed by atoms with Gasteiger partial charge in [-0.3, -0.25) is 13.5 Å². The van der Waals surface area contributed by atoms with Crippen LogP contribution in [0, 0.1) is 5.92 Å². The average molecular weight is 414 g/mol. The fourth-order valence-electron chi connectivity index (χ4n) is 3.68. The largest absolute Gasteiger partial charge is 0.342 e. The molecule has 0 aliphatic carbocycles. The maximum atomic E-state index is 13.0. The minimum atomic E-state index is -3.31. The van der Waals surface area contributed by atoms with Crippen LogP contribution >= 0.6 is 0 Å². The van der Waals surface area contributed by atoms with Gasteiger partial charge in [0, 0.05) is 18.3 Å². The Morgan fingerprint density at radius 2 is 1.97 bits per heavy atom. The van der Waals surface area contributed by atoms with E-state index in [1.54, 1.807) is 18.2 Å². The molecule has 4 rings (SSSR count). The van der Waals surface area contributed by atoms with Crippen LogP contribution in [0.25, 0.3) is 5.65 Å². The summed E-state index contributed by atoms with van der Waals surface area (Å²) in [5.41, 5.74) is 2.73. The number of amides is 1. The quantitative estimate of drug-likeness (QED) is 0.692. The predicted octanol–water partition coefficient (Wildman–Crippen LogP) is 2.18. The molecule has 1 aliphatic heterocycles. The molecule has 0 bridgehead atoms. The summed E-state index contributed by atoms with van der Waals surface area (Å²) < 4.78 is 27.1. The molecule has 1 aliphatic rings. The second kappa shape index (κ2) is 7.14. The van der Waals surface area contributed by atoms with Crippen molar-refractivity contribution in [1.29, 1.82) is 0 Å². The summed E-state index contributed by atoms with van der Waals surface area (Å²) in [5.74, 6) is 0.548. The summed E-state index contributed by atoms with van der Waals surface area (Å²) in [4.78, 5) is 13.0. The first-order chi connectivity index (χ1) is 13.8. The average Bonchev–Trinajstić information content (AvgIpc) is 3.29. The number of fused-ring (bicyclic) bond motifs is 2. The second-order valence-electron chi connectivity index (χ2n) is 7.61. The van der Waals surface area contributed by atoms with Crippen LogP contribution in [0.4, 0.5) is 5.69 Å². The van der Waals surface area contributed by atoms with Crippen LogP contribution in [0.15, 0.2) is 42.6 Å². The second-order valence-corrected chi connectivity index (χ2v) is 9.52. The van der Waals surface area contributed by atoms with Crippen LogP contribution in [0.5, 0.6) is 0 Å². The molecule has 1 N–H and O–H groups in total. The van der Waals surface area contributed by atoms with Crippen molar-refractivity contribution in [2.75, 3.05) is 17.1 Å².